The van der Waals surface area contributed by atoms with E-state index in [1.54, 1.807) is 0 Å². The predicted octanol–water partition coefficient (Wildman–Crippen LogP) is 3.68. The van der Waals surface area contributed by atoms with E-state index in [1.165, 1.54) is 6.42 Å². The van der Waals surface area contributed by atoms with Gasteiger partial charge in [0, 0.05) is 16.9 Å². The van der Waals surface area contributed by atoms with Gasteiger partial charge in [0.25, 0.3) is 0 Å². The van der Waals surface area contributed by atoms with Crippen molar-refractivity contribution in [3.05, 3.63) is 23.2 Å². The van der Waals surface area contributed by atoms with Gasteiger partial charge in [-0.1, -0.05) is 20.8 Å². The van der Waals surface area contributed by atoms with E-state index in [4.69, 9.17) is 4.42 Å². The van der Waals surface area contributed by atoms with E-state index < -0.39 is 5.60 Å². The quantitative estimate of drug-likeness (QED) is 0.742. The van der Waals surface area contributed by atoms with Crippen LogP contribution in [0.3, 0.4) is 0 Å². The van der Waals surface area contributed by atoms with Crippen LogP contribution in [0.1, 0.15) is 70.0 Å². The van der Waals surface area contributed by atoms with E-state index in [1.807, 2.05) is 6.92 Å². The standard InChI is InChI=1S/C15H22O2/c1-14(2,3)12-8-11-13(17-12)9-5-6-10(7-9)15(11,4)16/h8-10,16H,5-7H2,1-4H3. The third-order valence-electron chi connectivity index (χ3n) is 4.64. The van der Waals surface area contributed by atoms with E-state index in [2.05, 4.69) is 26.8 Å². The van der Waals surface area contributed by atoms with Crippen molar-refractivity contribution in [3.63, 3.8) is 0 Å². The first-order valence-electron chi connectivity index (χ1n) is 6.67. The first-order chi connectivity index (χ1) is 7.80. The van der Waals surface area contributed by atoms with Gasteiger partial charge in [-0.2, -0.15) is 0 Å². The lowest BCUT2D eigenvalue weighted by molar-refractivity contribution is -0.0115. The third kappa shape index (κ3) is 1.50. The Bertz CT molecular complexity index is 448. The molecule has 3 rings (SSSR count). The summed E-state index contributed by atoms with van der Waals surface area (Å²) in [4.78, 5) is 0. The predicted molar refractivity (Wildman–Crippen MR) is 67.1 cm³/mol. The van der Waals surface area contributed by atoms with Crippen LogP contribution in [0.15, 0.2) is 10.5 Å². The highest BCUT2D eigenvalue weighted by Crippen LogP contribution is 2.55. The average Bonchev–Trinajstić information content (AvgIpc) is 2.81. The van der Waals surface area contributed by atoms with Crippen molar-refractivity contribution in [1.29, 1.82) is 0 Å². The van der Waals surface area contributed by atoms with Crippen LogP contribution in [0.4, 0.5) is 0 Å². The molecule has 2 heteroatoms. The molecule has 0 amide bonds. The molecule has 3 unspecified atom stereocenters. The molecule has 2 aliphatic rings. The molecule has 1 aromatic heterocycles. The average molecular weight is 234 g/mol. The van der Waals surface area contributed by atoms with Crippen LogP contribution in [-0.2, 0) is 11.0 Å². The molecule has 2 aliphatic carbocycles. The van der Waals surface area contributed by atoms with Gasteiger partial charge < -0.3 is 9.52 Å². The Morgan fingerprint density at radius 3 is 2.71 bits per heavy atom. The molecule has 0 saturated heterocycles. The molecule has 2 bridgehead atoms. The van der Waals surface area contributed by atoms with Crippen molar-refractivity contribution >= 4 is 0 Å². The smallest absolute Gasteiger partial charge is 0.113 e. The maximum Gasteiger partial charge on any atom is 0.113 e. The summed E-state index contributed by atoms with van der Waals surface area (Å²) in [6.45, 7) is 8.43. The lowest BCUT2D eigenvalue weighted by Gasteiger charge is -2.33. The van der Waals surface area contributed by atoms with Crippen molar-refractivity contribution in [1.82, 2.24) is 0 Å². The molecule has 1 N–H and O–H groups in total. The van der Waals surface area contributed by atoms with Crippen LogP contribution in [0.5, 0.6) is 0 Å². The minimum Gasteiger partial charge on any atom is -0.465 e. The van der Waals surface area contributed by atoms with Gasteiger partial charge in [0.1, 0.15) is 11.5 Å². The summed E-state index contributed by atoms with van der Waals surface area (Å²) in [6.07, 6.45) is 3.40. The van der Waals surface area contributed by atoms with Gasteiger partial charge in [0.2, 0.25) is 0 Å². The maximum absolute atomic E-state index is 10.7. The second-order valence-electron chi connectivity index (χ2n) is 6.99. The zero-order valence-electron chi connectivity index (χ0n) is 11.2. The number of hydrogen-bond acceptors (Lipinski definition) is 2. The van der Waals surface area contributed by atoms with Crippen LogP contribution in [0.2, 0.25) is 0 Å². The van der Waals surface area contributed by atoms with Crippen molar-refractivity contribution in [2.24, 2.45) is 5.92 Å². The summed E-state index contributed by atoms with van der Waals surface area (Å²) in [7, 11) is 0. The lowest BCUT2D eigenvalue weighted by Crippen LogP contribution is -2.33. The normalized spacial score (nSPS) is 36.1. The Labute approximate surface area is 103 Å². The van der Waals surface area contributed by atoms with Gasteiger partial charge >= 0.3 is 0 Å². The van der Waals surface area contributed by atoms with Crippen LogP contribution >= 0.6 is 0 Å². The van der Waals surface area contributed by atoms with Crippen LogP contribution < -0.4 is 0 Å². The Balaban J connectivity index is 2.14. The van der Waals surface area contributed by atoms with Crippen LogP contribution in [0.25, 0.3) is 0 Å². The zero-order valence-corrected chi connectivity index (χ0v) is 11.2. The Morgan fingerprint density at radius 2 is 2.06 bits per heavy atom. The number of rotatable bonds is 0. The van der Waals surface area contributed by atoms with Gasteiger partial charge in [0.05, 0.1) is 5.60 Å². The summed E-state index contributed by atoms with van der Waals surface area (Å²) in [5, 5.41) is 10.7. The van der Waals surface area contributed by atoms with Crippen molar-refractivity contribution in [3.8, 4) is 0 Å². The monoisotopic (exact) mass is 234 g/mol. The van der Waals surface area contributed by atoms with E-state index in [0.717, 1.165) is 29.9 Å². The summed E-state index contributed by atoms with van der Waals surface area (Å²) in [5.74, 6) is 3.04. The van der Waals surface area contributed by atoms with E-state index in [-0.39, 0.29) is 5.41 Å². The van der Waals surface area contributed by atoms with Gasteiger partial charge in [-0.25, -0.2) is 0 Å². The fourth-order valence-corrected chi connectivity index (χ4v) is 3.42. The van der Waals surface area contributed by atoms with Gasteiger partial charge in [-0.05, 0) is 38.2 Å². The Kier molecular flexibility index (Phi) is 2.11. The molecular weight excluding hydrogens is 212 g/mol. The van der Waals surface area contributed by atoms with Crippen LogP contribution in [0, 0.1) is 5.92 Å². The molecule has 0 radical (unpaired) electrons. The first-order valence-corrected chi connectivity index (χ1v) is 6.67. The summed E-state index contributed by atoms with van der Waals surface area (Å²) in [6, 6.07) is 2.10. The summed E-state index contributed by atoms with van der Waals surface area (Å²) >= 11 is 0. The highest BCUT2D eigenvalue weighted by Gasteiger charge is 2.49. The molecule has 1 heterocycles. The maximum atomic E-state index is 10.7. The molecule has 1 aromatic rings. The van der Waals surface area contributed by atoms with Crippen molar-refractivity contribution in [2.75, 3.05) is 0 Å². The summed E-state index contributed by atoms with van der Waals surface area (Å²) in [5.41, 5.74) is 0.392. The Morgan fingerprint density at radius 1 is 1.35 bits per heavy atom. The van der Waals surface area contributed by atoms with Crippen molar-refractivity contribution < 1.29 is 9.52 Å². The minimum absolute atomic E-state index is 0.0205. The fourth-order valence-electron chi connectivity index (χ4n) is 3.42. The van der Waals surface area contributed by atoms with Gasteiger partial charge in [-0.15, -0.1) is 0 Å². The number of furan rings is 1. The Hall–Kier alpha value is -0.760. The minimum atomic E-state index is -0.685. The second-order valence-corrected chi connectivity index (χ2v) is 6.99. The fraction of sp³-hybridized carbons (Fsp3) is 0.733. The molecule has 0 spiro atoms. The first kappa shape index (κ1) is 11.3. The number of hydrogen-bond donors (Lipinski definition) is 1. The second kappa shape index (κ2) is 3.17. The molecule has 0 aliphatic heterocycles. The summed E-state index contributed by atoms with van der Waals surface area (Å²) < 4.78 is 6.08. The molecule has 94 valence electrons. The van der Waals surface area contributed by atoms with Crippen LogP contribution in [-0.4, -0.2) is 5.11 Å². The molecule has 1 fully saturated rings. The highest BCUT2D eigenvalue weighted by atomic mass is 16.3. The van der Waals surface area contributed by atoms with E-state index in [0.29, 0.717) is 11.8 Å². The van der Waals surface area contributed by atoms with E-state index >= 15 is 0 Å². The molecule has 0 aromatic carbocycles. The van der Waals surface area contributed by atoms with Gasteiger partial charge in [-0.3, -0.25) is 0 Å². The lowest BCUT2D eigenvalue weighted by atomic mass is 9.76. The topological polar surface area (TPSA) is 33.4 Å². The number of fused-ring (bicyclic) bond motifs is 4. The largest absolute Gasteiger partial charge is 0.465 e. The molecule has 17 heavy (non-hydrogen) atoms. The zero-order chi connectivity index (χ0) is 12.4. The SMILES string of the molecule is CC(C)(C)c1cc2c(o1)C1CCC(C1)C2(C)O. The number of aliphatic hydroxyl groups is 1. The molecule has 2 nitrogen and oxygen atoms in total. The molecule has 1 saturated carbocycles. The van der Waals surface area contributed by atoms with E-state index in [9.17, 15) is 5.11 Å². The highest BCUT2D eigenvalue weighted by molar-refractivity contribution is 5.37. The van der Waals surface area contributed by atoms with Gasteiger partial charge in [0.15, 0.2) is 0 Å². The molecule has 3 atom stereocenters. The molecular formula is C15H22O2. The van der Waals surface area contributed by atoms with Crippen molar-refractivity contribution in [2.45, 2.75) is 63.9 Å². The third-order valence-corrected chi connectivity index (χ3v) is 4.64.